The molecule has 1 atom stereocenters. The van der Waals surface area contributed by atoms with Gasteiger partial charge >= 0.3 is 12.1 Å². The molecular weight excluding hydrogens is 387 g/mol. The van der Waals surface area contributed by atoms with Crippen LogP contribution in [0.1, 0.15) is 42.3 Å². The summed E-state index contributed by atoms with van der Waals surface area (Å²) >= 11 is 0. The molecule has 1 amide bonds. The Kier molecular flexibility index (Phi) is 7.39. The van der Waals surface area contributed by atoms with Crippen LogP contribution < -0.4 is 5.32 Å². The number of halogens is 3. The van der Waals surface area contributed by atoms with Crippen molar-refractivity contribution < 1.29 is 32.2 Å². The average Bonchev–Trinajstić information content (AvgIpc) is 2.66. The maximum atomic E-state index is 13.0. The lowest BCUT2D eigenvalue weighted by Gasteiger charge is -2.17. The number of esters is 1. The van der Waals surface area contributed by atoms with Crippen LogP contribution in [0.25, 0.3) is 0 Å². The van der Waals surface area contributed by atoms with Gasteiger partial charge in [0.25, 0.3) is 5.91 Å². The Morgan fingerprint density at radius 2 is 1.62 bits per heavy atom. The Bertz CT molecular complexity index is 848. The van der Waals surface area contributed by atoms with Gasteiger partial charge in [-0.2, -0.15) is 13.2 Å². The predicted octanol–water partition coefficient (Wildman–Crippen LogP) is 4.81. The summed E-state index contributed by atoms with van der Waals surface area (Å²) in [6.07, 6.45) is -5.83. The highest BCUT2D eigenvalue weighted by molar-refractivity contribution is 5.97. The van der Waals surface area contributed by atoms with Crippen LogP contribution in [0.5, 0.6) is 0 Å². The molecule has 0 aromatic heterocycles. The number of alkyl halides is 3. The van der Waals surface area contributed by atoms with Crippen molar-refractivity contribution in [3.63, 3.8) is 0 Å². The molecule has 8 heteroatoms. The SMILES string of the molecule is CC(C)OCc1ccc(C(=O)O[C@@H](C)C(=O)Nc2ccccc2C(F)(F)F)cc1. The second kappa shape index (κ2) is 9.56. The molecule has 5 nitrogen and oxygen atoms in total. The monoisotopic (exact) mass is 409 g/mol. The van der Waals surface area contributed by atoms with Crippen molar-refractivity contribution in [1.82, 2.24) is 0 Å². The minimum absolute atomic E-state index is 0.0708. The minimum atomic E-state index is -4.62. The van der Waals surface area contributed by atoms with Crippen molar-refractivity contribution in [1.29, 1.82) is 0 Å². The smallest absolute Gasteiger partial charge is 0.418 e. The van der Waals surface area contributed by atoms with Crippen LogP contribution in [0.4, 0.5) is 18.9 Å². The number of nitrogens with one attached hydrogen (secondary N) is 1. The van der Waals surface area contributed by atoms with Crippen LogP contribution >= 0.6 is 0 Å². The summed E-state index contributed by atoms with van der Waals surface area (Å²) in [6.45, 7) is 5.50. The molecule has 1 N–H and O–H groups in total. The summed E-state index contributed by atoms with van der Waals surface area (Å²) in [4.78, 5) is 24.4. The summed E-state index contributed by atoms with van der Waals surface area (Å²) in [5.74, 6) is -1.62. The first-order chi connectivity index (χ1) is 13.6. The van der Waals surface area contributed by atoms with E-state index in [0.29, 0.717) is 6.61 Å². The molecule has 0 heterocycles. The molecule has 0 unspecified atom stereocenters. The zero-order valence-electron chi connectivity index (χ0n) is 16.2. The van der Waals surface area contributed by atoms with Crippen molar-refractivity contribution in [3.8, 4) is 0 Å². The van der Waals surface area contributed by atoms with E-state index < -0.39 is 35.4 Å². The minimum Gasteiger partial charge on any atom is -0.449 e. The summed E-state index contributed by atoms with van der Waals surface area (Å²) in [5, 5.41) is 2.16. The molecule has 0 aliphatic carbocycles. The number of carbonyl (C=O) groups is 2. The molecule has 0 bridgehead atoms. The molecule has 156 valence electrons. The molecular formula is C21H22F3NO4. The molecule has 0 spiro atoms. The number of ether oxygens (including phenoxy) is 2. The molecule has 0 aliphatic heterocycles. The third-order valence-corrected chi connectivity index (χ3v) is 3.92. The van der Waals surface area contributed by atoms with Crippen LogP contribution in [0.15, 0.2) is 48.5 Å². The Balaban J connectivity index is 1.98. The van der Waals surface area contributed by atoms with Crippen molar-refractivity contribution in [2.24, 2.45) is 0 Å². The van der Waals surface area contributed by atoms with Gasteiger partial charge in [-0.15, -0.1) is 0 Å². The van der Waals surface area contributed by atoms with Gasteiger partial charge in [0.15, 0.2) is 6.10 Å². The van der Waals surface area contributed by atoms with E-state index in [9.17, 15) is 22.8 Å². The summed E-state index contributed by atoms with van der Waals surface area (Å²) in [6, 6.07) is 11.0. The van der Waals surface area contributed by atoms with Crippen LogP contribution in [0, 0.1) is 0 Å². The molecule has 0 radical (unpaired) electrons. The normalized spacial score (nSPS) is 12.5. The standard InChI is InChI=1S/C21H22F3NO4/c1-13(2)28-12-15-8-10-16(11-9-15)20(27)29-14(3)19(26)25-18-7-5-4-6-17(18)21(22,23)24/h4-11,13-14H,12H2,1-3H3,(H,25,26)/t14-/m0/s1. The fraction of sp³-hybridized carbons (Fsp3) is 0.333. The lowest BCUT2D eigenvalue weighted by molar-refractivity contribution is -0.137. The van der Waals surface area contributed by atoms with Crippen molar-refractivity contribution >= 4 is 17.6 Å². The molecule has 2 rings (SSSR count). The highest BCUT2D eigenvalue weighted by Gasteiger charge is 2.34. The van der Waals surface area contributed by atoms with Gasteiger partial charge in [-0.1, -0.05) is 24.3 Å². The lowest BCUT2D eigenvalue weighted by atomic mass is 10.1. The Morgan fingerprint density at radius 3 is 2.21 bits per heavy atom. The summed E-state index contributed by atoms with van der Waals surface area (Å²) < 4.78 is 49.6. The number of hydrogen-bond donors (Lipinski definition) is 1. The van der Waals surface area contributed by atoms with E-state index in [1.165, 1.54) is 31.2 Å². The number of para-hydroxylation sites is 1. The predicted molar refractivity (Wildman–Crippen MR) is 101 cm³/mol. The van der Waals surface area contributed by atoms with Gasteiger partial charge < -0.3 is 14.8 Å². The quantitative estimate of drug-likeness (QED) is 0.667. The Labute approximate surface area is 166 Å². The third kappa shape index (κ3) is 6.60. The molecule has 0 aliphatic rings. The number of rotatable bonds is 7. The second-order valence-corrected chi connectivity index (χ2v) is 6.64. The Morgan fingerprint density at radius 1 is 1.00 bits per heavy atom. The van der Waals surface area contributed by atoms with E-state index in [0.717, 1.165) is 17.7 Å². The molecule has 29 heavy (non-hydrogen) atoms. The van der Waals surface area contributed by atoms with Gasteiger partial charge in [0.05, 0.1) is 29.5 Å². The van der Waals surface area contributed by atoms with E-state index in [2.05, 4.69) is 5.32 Å². The maximum absolute atomic E-state index is 13.0. The number of benzene rings is 2. The Hall–Kier alpha value is -2.87. The van der Waals surface area contributed by atoms with Crippen molar-refractivity contribution in [2.75, 3.05) is 5.32 Å². The van der Waals surface area contributed by atoms with Crippen LogP contribution in [-0.4, -0.2) is 24.1 Å². The largest absolute Gasteiger partial charge is 0.449 e. The fourth-order valence-electron chi connectivity index (χ4n) is 2.36. The zero-order chi connectivity index (χ0) is 21.6. The zero-order valence-corrected chi connectivity index (χ0v) is 16.2. The van der Waals surface area contributed by atoms with E-state index in [4.69, 9.17) is 9.47 Å². The number of anilines is 1. The number of amides is 1. The topological polar surface area (TPSA) is 64.6 Å². The summed E-state index contributed by atoms with van der Waals surface area (Å²) in [5.41, 5.74) is -0.299. The molecule has 0 fully saturated rings. The third-order valence-electron chi connectivity index (χ3n) is 3.92. The fourth-order valence-corrected chi connectivity index (χ4v) is 2.36. The first-order valence-electron chi connectivity index (χ1n) is 8.96. The lowest BCUT2D eigenvalue weighted by Crippen LogP contribution is -2.30. The van der Waals surface area contributed by atoms with Crippen LogP contribution in [0.3, 0.4) is 0 Å². The highest BCUT2D eigenvalue weighted by Crippen LogP contribution is 2.34. The first kappa shape index (κ1) is 22.4. The van der Waals surface area contributed by atoms with E-state index in [-0.39, 0.29) is 11.7 Å². The van der Waals surface area contributed by atoms with Crippen molar-refractivity contribution in [3.05, 3.63) is 65.2 Å². The van der Waals surface area contributed by atoms with Crippen LogP contribution in [-0.2, 0) is 27.1 Å². The second-order valence-electron chi connectivity index (χ2n) is 6.64. The molecule has 2 aromatic rings. The van der Waals surface area contributed by atoms with Gasteiger partial charge in [0.2, 0.25) is 0 Å². The van der Waals surface area contributed by atoms with Gasteiger partial charge in [0, 0.05) is 0 Å². The molecule has 2 aromatic carbocycles. The summed E-state index contributed by atoms with van der Waals surface area (Å²) in [7, 11) is 0. The van der Waals surface area contributed by atoms with Gasteiger partial charge in [-0.25, -0.2) is 4.79 Å². The van der Waals surface area contributed by atoms with Crippen LogP contribution in [0.2, 0.25) is 0 Å². The van der Waals surface area contributed by atoms with Gasteiger partial charge in [0.1, 0.15) is 0 Å². The van der Waals surface area contributed by atoms with Gasteiger partial charge in [-0.05, 0) is 50.6 Å². The first-order valence-corrected chi connectivity index (χ1v) is 8.96. The highest BCUT2D eigenvalue weighted by atomic mass is 19.4. The number of hydrogen-bond acceptors (Lipinski definition) is 4. The maximum Gasteiger partial charge on any atom is 0.418 e. The van der Waals surface area contributed by atoms with E-state index >= 15 is 0 Å². The molecule has 0 saturated heterocycles. The number of carbonyl (C=O) groups excluding carboxylic acids is 2. The van der Waals surface area contributed by atoms with E-state index in [1.807, 2.05) is 13.8 Å². The van der Waals surface area contributed by atoms with Crippen molar-refractivity contribution in [2.45, 2.75) is 45.8 Å². The average molecular weight is 409 g/mol. The van der Waals surface area contributed by atoms with E-state index in [1.54, 1.807) is 12.1 Å². The van der Waals surface area contributed by atoms with Gasteiger partial charge in [-0.3, -0.25) is 4.79 Å². The molecule has 0 saturated carbocycles.